The van der Waals surface area contributed by atoms with Crippen LogP contribution in [0.5, 0.6) is 0 Å². The molecule has 1 amide bonds. The molecule has 1 N–H and O–H groups in total. The van der Waals surface area contributed by atoms with E-state index in [2.05, 4.69) is 55.3 Å². The predicted molar refractivity (Wildman–Crippen MR) is 115 cm³/mol. The van der Waals surface area contributed by atoms with Gasteiger partial charge in [0.2, 0.25) is 0 Å². The van der Waals surface area contributed by atoms with Crippen LogP contribution in [0.1, 0.15) is 54.1 Å². The molecule has 1 aromatic heterocycles. The van der Waals surface area contributed by atoms with Crippen LogP contribution in [-0.4, -0.2) is 31.4 Å². The number of carbonyl (C=O) groups excluding carboxylic acids is 1. The maximum absolute atomic E-state index is 13.5. The largest absolute Gasteiger partial charge is 0.451 e. The zero-order valence-electron chi connectivity index (χ0n) is 18.0. The van der Waals surface area contributed by atoms with Gasteiger partial charge >= 0.3 is 0 Å². The molecular weight excluding hydrogens is 367 g/mol. The summed E-state index contributed by atoms with van der Waals surface area (Å²) in [6, 6.07) is 12.8. The van der Waals surface area contributed by atoms with E-state index in [0.717, 1.165) is 5.56 Å². The topological polar surface area (TPSA) is 45.5 Å². The first-order valence-corrected chi connectivity index (χ1v) is 9.81. The highest BCUT2D eigenvalue weighted by molar-refractivity contribution is 5.98. The summed E-state index contributed by atoms with van der Waals surface area (Å²) in [6.07, 6.45) is 0. The van der Waals surface area contributed by atoms with Crippen LogP contribution in [-0.2, 0) is 5.41 Å². The van der Waals surface area contributed by atoms with Crippen LogP contribution in [0.3, 0.4) is 0 Å². The molecule has 29 heavy (non-hydrogen) atoms. The van der Waals surface area contributed by atoms with Gasteiger partial charge in [-0.3, -0.25) is 4.79 Å². The third-order valence-electron chi connectivity index (χ3n) is 5.35. The van der Waals surface area contributed by atoms with Crippen molar-refractivity contribution in [1.82, 2.24) is 10.2 Å². The number of hydrogen-bond acceptors (Lipinski definition) is 3. The second-order valence-electron chi connectivity index (χ2n) is 8.76. The Morgan fingerprint density at radius 3 is 2.38 bits per heavy atom. The monoisotopic (exact) mass is 396 g/mol. The molecule has 4 nitrogen and oxygen atoms in total. The van der Waals surface area contributed by atoms with Crippen molar-refractivity contribution >= 4 is 16.9 Å². The quantitative estimate of drug-likeness (QED) is 0.644. The molecule has 3 aromatic rings. The van der Waals surface area contributed by atoms with Crippen LogP contribution < -0.4 is 5.32 Å². The van der Waals surface area contributed by atoms with E-state index in [4.69, 9.17) is 4.42 Å². The van der Waals surface area contributed by atoms with E-state index in [1.54, 1.807) is 13.0 Å². The minimum atomic E-state index is -0.347. The molecule has 0 aliphatic heterocycles. The van der Waals surface area contributed by atoms with Crippen molar-refractivity contribution in [3.8, 4) is 0 Å². The van der Waals surface area contributed by atoms with Gasteiger partial charge in [-0.2, -0.15) is 0 Å². The molecule has 154 valence electrons. The molecule has 0 aliphatic carbocycles. The minimum absolute atomic E-state index is 0.0232. The highest BCUT2D eigenvalue weighted by Gasteiger charge is 2.21. The van der Waals surface area contributed by atoms with E-state index in [-0.39, 0.29) is 28.9 Å². The minimum Gasteiger partial charge on any atom is -0.451 e. The Hall–Kier alpha value is -2.66. The number of aryl methyl sites for hydroxylation is 1. The molecule has 2 aromatic carbocycles. The summed E-state index contributed by atoms with van der Waals surface area (Å²) in [5, 5.41) is 3.59. The zero-order chi connectivity index (χ0) is 21.3. The zero-order valence-corrected chi connectivity index (χ0v) is 18.0. The number of nitrogens with zero attached hydrogens (tertiary/aromatic N) is 1. The van der Waals surface area contributed by atoms with Crippen LogP contribution in [0.4, 0.5) is 4.39 Å². The fourth-order valence-corrected chi connectivity index (χ4v) is 3.48. The summed E-state index contributed by atoms with van der Waals surface area (Å²) >= 11 is 0. The number of furan rings is 1. The Morgan fingerprint density at radius 1 is 1.14 bits per heavy atom. The lowest BCUT2D eigenvalue weighted by molar-refractivity contribution is 0.0915. The molecule has 0 aliphatic rings. The summed E-state index contributed by atoms with van der Waals surface area (Å²) in [4.78, 5) is 14.8. The van der Waals surface area contributed by atoms with Gasteiger partial charge in [-0.25, -0.2) is 4.39 Å². The van der Waals surface area contributed by atoms with E-state index in [9.17, 15) is 9.18 Å². The number of amides is 1. The third kappa shape index (κ3) is 4.51. The van der Waals surface area contributed by atoms with E-state index >= 15 is 0 Å². The molecule has 0 saturated heterocycles. The summed E-state index contributed by atoms with van der Waals surface area (Å²) in [5.74, 6) is -0.414. The van der Waals surface area contributed by atoms with Crippen molar-refractivity contribution < 1.29 is 13.6 Å². The van der Waals surface area contributed by atoms with Crippen molar-refractivity contribution in [2.24, 2.45) is 0 Å². The van der Waals surface area contributed by atoms with E-state index in [1.165, 1.54) is 17.7 Å². The molecule has 0 saturated carbocycles. The summed E-state index contributed by atoms with van der Waals surface area (Å²) in [7, 11) is 3.98. The fraction of sp³-hybridized carbons (Fsp3) is 0.375. The van der Waals surface area contributed by atoms with Gasteiger partial charge in [-0.1, -0.05) is 45.0 Å². The molecular formula is C24H29FN2O2. The molecule has 1 atom stereocenters. The van der Waals surface area contributed by atoms with E-state index < -0.39 is 0 Å². The molecule has 0 unspecified atom stereocenters. The Bertz CT molecular complexity index is 1010. The number of fused-ring (bicyclic) bond motifs is 1. The van der Waals surface area contributed by atoms with E-state index in [0.29, 0.717) is 23.1 Å². The molecule has 0 fully saturated rings. The second-order valence-corrected chi connectivity index (χ2v) is 8.76. The number of likely N-dealkylation sites (N-methyl/N-ethyl adjacent to an activating group) is 1. The number of carbonyl (C=O) groups is 1. The van der Waals surface area contributed by atoms with Gasteiger partial charge in [-0.15, -0.1) is 0 Å². The highest BCUT2D eigenvalue weighted by atomic mass is 19.1. The van der Waals surface area contributed by atoms with Gasteiger partial charge in [0.15, 0.2) is 5.76 Å². The van der Waals surface area contributed by atoms with Crippen molar-refractivity contribution in [3.05, 3.63) is 70.7 Å². The van der Waals surface area contributed by atoms with Gasteiger partial charge in [-0.05, 0) is 55.8 Å². The van der Waals surface area contributed by atoms with E-state index in [1.807, 2.05) is 14.1 Å². The number of benzene rings is 2. The smallest absolute Gasteiger partial charge is 0.287 e. The van der Waals surface area contributed by atoms with Gasteiger partial charge in [0, 0.05) is 17.5 Å². The predicted octanol–water partition coefficient (Wildman–Crippen LogP) is 5.21. The van der Waals surface area contributed by atoms with Crippen molar-refractivity contribution in [2.45, 2.75) is 39.2 Å². The molecule has 1 heterocycles. The lowest BCUT2D eigenvalue weighted by atomic mass is 9.86. The maximum Gasteiger partial charge on any atom is 0.287 e. The highest BCUT2D eigenvalue weighted by Crippen LogP contribution is 2.27. The standard InChI is InChI=1S/C24H29FN2O2/c1-15-19-13-18(25)11-12-21(19)29-22(15)23(28)26-14-20(27(5)6)16-7-9-17(10-8-16)24(2,3)4/h7-13,20H,14H2,1-6H3,(H,26,28)/t20-/m1/s1. The van der Waals surface area contributed by atoms with Crippen molar-refractivity contribution in [3.63, 3.8) is 0 Å². The first-order chi connectivity index (χ1) is 13.6. The Balaban J connectivity index is 1.77. The van der Waals surface area contributed by atoms with Gasteiger partial charge in [0.05, 0.1) is 6.04 Å². The normalized spacial score (nSPS) is 13.1. The molecule has 0 bridgehead atoms. The van der Waals surface area contributed by atoms with Gasteiger partial charge in [0.1, 0.15) is 11.4 Å². The summed E-state index contributed by atoms with van der Waals surface area (Å²) < 4.78 is 19.2. The lowest BCUT2D eigenvalue weighted by Crippen LogP contribution is -2.34. The maximum atomic E-state index is 13.5. The first-order valence-electron chi connectivity index (χ1n) is 9.81. The Kier molecular flexibility index (Phi) is 5.80. The Labute approximate surface area is 171 Å². The van der Waals surface area contributed by atoms with Gasteiger partial charge in [0.25, 0.3) is 5.91 Å². The second kappa shape index (κ2) is 7.99. The number of halogens is 1. The van der Waals surface area contributed by atoms with Crippen molar-refractivity contribution in [1.29, 1.82) is 0 Å². The van der Waals surface area contributed by atoms with Crippen molar-refractivity contribution in [2.75, 3.05) is 20.6 Å². The number of nitrogens with one attached hydrogen (secondary N) is 1. The first kappa shape index (κ1) is 21.1. The van der Waals surface area contributed by atoms with Gasteiger partial charge < -0.3 is 14.6 Å². The Morgan fingerprint density at radius 2 is 1.79 bits per heavy atom. The summed E-state index contributed by atoms with van der Waals surface area (Å²) in [5.41, 5.74) is 3.65. The number of hydrogen-bond donors (Lipinski definition) is 1. The third-order valence-corrected chi connectivity index (χ3v) is 5.35. The summed E-state index contributed by atoms with van der Waals surface area (Å²) in [6.45, 7) is 8.77. The van der Waals surface area contributed by atoms with Crippen LogP contribution >= 0.6 is 0 Å². The average Bonchev–Trinajstić information content (AvgIpc) is 2.97. The average molecular weight is 397 g/mol. The number of rotatable bonds is 5. The van der Waals surface area contributed by atoms with Crippen LogP contribution in [0.15, 0.2) is 46.9 Å². The molecule has 3 rings (SSSR count). The SMILES string of the molecule is Cc1c(C(=O)NC[C@H](c2ccc(C(C)(C)C)cc2)N(C)C)oc2ccc(F)cc12. The van der Waals surface area contributed by atoms with Crippen LogP contribution in [0.25, 0.3) is 11.0 Å². The van der Waals surface area contributed by atoms with Crippen LogP contribution in [0, 0.1) is 12.7 Å². The molecule has 0 spiro atoms. The lowest BCUT2D eigenvalue weighted by Gasteiger charge is -2.26. The van der Waals surface area contributed by atoms with Crippen LogP contribution in [0.2, 0.25) is 0 Å². The molecule has 0 radical (unpaired) electrons. The fourth-order valence-electron chi connectivity index (χ4n) is 3.48. The molecule has 5 heteroatoms.